The number of hydrogen-bond donors (Lipinski definition) is 4. The Morgan fingerprint density at radius 3 is 2.32 bits per heavy atom. The third-order valence-corrected chi connectivity index (χ3v) is 4.02. The Morgan fingerprint density at radius 2 is 1.82 bits per heavy atom. The minimum atomic E-state index is -2.18. The van der Waals surface area contributed by atoms with E-state index in [1.165, 1.54) is 11.0 Å². The standard InChI is InChI=1S/C18H26N2O8/c1-5-20(4)18(25)27-12-8-6-7-11(9-12)13(19(2)3)10-14(28-26)15(21)16(22)17(23)24/h6-10,13,15-16,21-22,26H,5H2,1-4H3,(H,23,24)/b14-10-/t13-,15-,16+/m0/s1. The van der Waals surface area contributed by atoms with E-state index in [1.54, 1.807) is 57.2 Å². The van der Waals surface area contributed by atoms with E-state index in [2.05, 4.69) is 4.89 Å². The van der Waals surface area contributed by atoms with E-state index in [1.807, 2.05) is 0 Å². The Balaban J connectivity index is 3.19. The fraction of sp³-hybridized carbons (Fsp3) is 0.444. The first kappa shape index (κ1) is 23.4. The van der Waals surface area contributed by atoms with Gasteiger partial charge in [0.05, 0.1) is 6.04 Å². The van der Waals surface area contributed by atoms with Crippen LogP contribution in [0, 0.1) is 0 Å². The minimum absolute atomic E-state index is 0.278. The number of amides is 1. The molecule has 0 radical (unpaired) electrons. The van der Waals surface area contributed by atoms with Crippen LogP contribution in [0.15, 0.2) is 36.1 Å². The number of likely N-dealkylation sites (N-methyl/N-ethyl adjacent to an activating group) is 1. The molecule has 10 nitrogen and oxygen atoms in total. The maximum atomic E-state index is 11.9. The van der Waals surface area contributed by atoms with Crippen molar-refractivity contribution in [2.24, 2.45) is 0 Å². The highest BCUT2D eigenvalue weighted by atomic mass is 17.1. The summed E-state index contributed by atoms with van der Waals surface area (Å²) in [5.41, 5.74) is 0.598. The number of aliphatic carboxylic acids is 1. The van der Waals surface area contributed by atoms with Crippen molar-refractivity contribution >= 4 is 12.1 Å². The number of rotatable bonds is 9. The van der Waals surface area contributed by atoms with Crippen LogP contribution in [0.1, 0.15) is 18.5 Å². The van der Waals surface area contributed by atoms with Gasteiger partial charge in [0.2, 0.25) is 0 Å². The first-order valence-electron chi connectivity index (χ1n) is 8.43. The first-order valence-corrected chi connectivity index (χ1v) is 8.43. The second-order valence-electron chi connectivity index (χ2n) is 6.25. The van der Waals surface area contributed by atoms with Crippen molar-refractivity contribution in [2.75, 3.05) is 27.7 Å². The van der Waals surface area contributed by atoms with Gasteiger partial charge in [-0.1, -0.05) is 12.1 Å². The van der Waals surface area contributed by atoms with Crippen LogP contribution in [0.4, 0.5) is 4.79 Å². The van der Waals surface area contributed by atoms with Crippen molar-refractivity contribution in [3.05, 3.63) is 41.7 Å². The third-order valence-electron chi connectivity index (χ3n) is 4.02. The average Bonchev–Trinajstić information content (AvgIpc) is 2.66. The normalized spacial score (nSPS) is 14.9. The van der Waals surface area contributed by atoms with Gasteiger partial charge in [0.1, 0.15) is 5.75 Å². The molecule has 156 valence electrons. The molecule has 0 heterocycles. The lowest BCUT2D eigenvalue weighted by molar-refractivity contribution is -0.223. The quantitative estimate of drug-likeness (QED) is 0.271. The predicted octanol–water partition coefficient (Wildman–Crippen LogP) is 0.920. The molecule has 3 atom stereocenters. The monoisotopic (exact) mass is 398 g/mol. The summed E-state index contributed by atoms with van der Waals surface area (Å²) in [6, 6.07) is 5.92. The number of hydrogen-bond acceptors (Lipinski definition) is 8. The molecule has 1 rings (SSSR count). The van der Waals surface area contributed by atoms with Crippen LogP contribution in [0.5, 0.6) is 5.75 Å². The van der Waals surface area contributed by atoms with E-state index >= 15 is 0 Å². The number of nitrogens with zero attached hydrogens (tertiary/aromatic N) is 2. The van der Waals surface area contributed by atoms with Crippen molar-refractivity contribution in [1.82, 2.24) is 9.80 Å². The number of ether oxygens (including phenoxy) is 1. The molecule has 0 aromatic heterocycles. The molecule has 0 bridgehead atoms. The number of benzene rings is 1. The lowest BCUT2D eigenvalue weighted by Crippen LogP contribution is -2.36. The van der Waals surface area contributed by atoms with Gasteiger partial charge in [0.15, 0.2) is 18.0 Å². The molecule has 0 saturated carbocycles. The molecule has 0 fully saturated rings. The summed E-state index contributed by atoms with van der Waals surface area (Å²) in [7, 11) is 4.98. The van der Waals surface area contributed by atoms with Crippen LogP contribution in [0.3, 0.4) is 0 Å². The highest BCUT2D eigenvalue weighted by molar-refractivity contribution is 5.73. The fourth-order valence-corrected chi connectivity index (χ4v) is 2.24. The van der Waals surface area contributed by atoms with Crippen LogP contribution in [0.25, 0.3) is 0 Å². The molecule has 1 aromatic carbocycles. The van der Waals surface area contributed by atoms with E-state index in [0.717, 1.165) is 0 Å². The summed E-state index contributed by atoms with van der Waals surface area (Å²) in [6.07, 6.45) is -3.45. The molecule has 28 heavy (non-hydrogen) atoms. The third kappa shape index (κ3) is 6.20. The van der Waals surface area contributed by atoms with Crippen LogP contribution in [-0.2, 0) is 9.68 Å². The molecule has 1 amide bonds. The van der Waals surface area contributed by atoms with Crippen molar-refractivity contribution in [2.45, 2.75) is 25.2 Å². The molecule has 4 N–H and O–H groups in total. The number of carbonyl (C=O) groups excluding carboxylic acids is 1. The van der Waals surface area contributed by atoms with Gasteiger partial charge in [0.25, 0.3) is 0 Å². The Kier molecular flexibility index (Phi) is 8.86. The van der Waals surface area contributed by atoms with Gasteiger partial charge >= 0.3 is 12.1 Å². The summed E-state index contributed by atoms with van der Waals surface area (Å²) in [4.78, 5) is 29.9. The Morgan fingerprint density at radius 1 is 1.18 bits per heavy atom. The Bertz CT molecular complexity index is 707. The maximum Gasteiger partial charge on any atom is 0.414 e. The van der Waals surface area contributed by atoms with E-state index in [4.69, 9.17) is 15.1 Å². The van der Waals surface area contributed by atoms with Crippen LogP contribution >= 0.6 is 0 Å². The molecule has 0 aliphatic rings. The summed E-state index contributed by atoms with van der Waals surface area (Å²) >= 11 is 0. The van der Waals surface area contributed by atoms with Crippen molar-refractivity contribution in [3.8, 4) is 5.75 Å². The highest BCUT2D eigenvalue weighted by Crippen LogP contribution is 2.26. The van der Waals surface area contributed by atoms with Gasteiger partial charge in [-0.15, -0.1) is 0 Å². The van der Waals surface area contributed by atoms with Crippen molar-refractivity contribution in [1.29, 1.82) is 0 Å². The lowest BCUT2D eigenvalue weighted by Gasteiger charge is -2.24. The van der Waals surface area contributed by atoms with Gasteiger partial charge in [0, 0.05) is 13.6 Å². The van der Waals surface area contributed by atoms with Gasteiger partial charge in [-0.3, -0.25) is 4.90 Å². The number of carboxylic acid groups (broad SMARTS) is 1. The molecule has 0 aliphatic carbocycles. The largest absolute Gasteiger partial charge is 0.479 e. The van der Waals surface area contributed by atoms with Gasteiger partial charge in [-0.2, -0.15) is 0 Å². The van der Waals surface area contributed by atoms with Gasteiger partial charge < -0.3 is 29.8 Å². The second kappa shape index (κ2) is 10.6. The van der Waals surface area contributed by atoms with Crippen LogP contribution in [-0.4, -0.2) is 82.3 Å². The Hall–Kier alpha value is -2.66. The lowest BCUT2D eigenvalue weighted by atomic mass is 10.0. The summed E-state index contributed by atoms with van der Waals surface area (Å²) in [5, 5.41) is 37.2. The van der Waals surface area contributed by atoms with Crippen LogP contribution in [0.2, 0.25) is 0 Å². The van der Waals surface area contributed by atoms with Crippen LogP contribution < -0.4 is 4.74 Å². The molecule has 0 spiro atoms. The molecule has 0 aliphatic heterocycles. The molecule has 1 aromatic rings. The molecular formula is C18H26N2O8. The van der Waals surface area contributed by atoms with E-state index in [9.17, 15) is 19.8 Å². The van der Waals surface area contributed by atoms with E-state index in [-0.39, 0.29) is 5.75 Å². The fourth-order valence-electron chi connectivity index (χ4n) is 2.24. The molecule has 0 unspecified atom stereocenters. The zero-order valence-electron chi connectivity index (χ0n) is 16.1. The predicted molar refractivity (Wildman–Crippen MR) is 98.6 cm³/mol. The van der Waals surface area contributed by atoms with E-state index in [0.29, 0.717) is 12.1 Å². The van der Waals surface area contributed by atoms with Crippen molar-refractivity contribution in [3.63, 3.8) is 0 Å². The maximum absolute atomic E-state index is 11.9. The number of carboxylic acids is 1. The van der Waals surface area contributed by atoms with E-state index < -0.39 is 36.1 Å². The minimum Gasteiger partial charge on any atom is -0.479 e. The van der Waals surface area contributed by atoms with Crippen molar-refractivity contribution < 1.29 is 39.8 Å². The summed E-state index contributed by atoms with van der Waals surface area (Å²) in [5.74, 6) is -1.94. The number of carbonyl (C=O) groups is 2. The zero-order valence-corrected chi connectivity index (χ0v) is 16.1. The smallest absolute Gasteiger partial charge is 0.414 e. The summed E-state index contributed by atoms with van der Waals surface area (Å²) in [6.45, 7) is 2.28. The molecular weight excluding hydrogens is 372 g/mol. The second-order valence-corrected chi connectivity index (χ2v) is 6.25. The molecule has 10 heteroatoms. The number of aliphatic hydroxyl groups is 2. The van der Waals surface area contributed by atoms with Gasteiger partial charge in [-0.25, -0.2) is 14.8 Å². The topological polar surface area (TPSA) is 140 Å². The SMILES string of the molecule is CCN(C)C(=O)Oc1cccc([C@H](/C=C(\OO)[C@H](O)[C@@H](O)C(=O)O)N(C)C)c1. The first-order chi connectivity index (χ1) is 13.1. The summed E-state index contributed by atoms with van der Waals surface area (Å²) < 4.78 is 5.29. The number of aliphatic hydroxyl groups excluding tert-OH is 2. The molecule has 0 saturated heterocycles. The Labute approximate surface area is 162 Å². The highest BCUT2D eigenvalue weighted by Gasteiger charge is 2.30. The average molecular weight is 398 g/mol. The van der Waals surface area contributed by atoms with Gasteiger partial charge in [-0.05, 0) is 44.8 Å². The zero-order chi connectivity index (χ0) is 21.4.